The minimum atomic E-state index is -1.48. The summed E-state index contributed by atoms with van der Waals surface area (Å²) in [6, 6.07) is -1.05. The van der Waals surface area contributed by atoms with Crippen LogP contribution in [0.1, 0.15) is 27.2 Å². The van der Waals surface area contributed by atoms with Crippen LogP contribution in [-0.2, 0) is 9.47 Å². The highest BCUT2D eigenvalue weighted by Gasteiger charge is 2.49. The third kappa shape index (κ3) is 2.59. The van der Waals surface area contributed by atoms with Crippen LogP contribution in [-0.4, -0.2) is 59.3 Å². The van der Waals surface area contributed by atoms with Gasteiger partial charge in [-0.2, -0.15) is 0 Å². The number of fused-ring (bicyclic) bond motifs is 2. The van der Waals surface area contributed by atoms with E-state index in [4.69, 9.17) is 9.47 Å². The summed E-state index contributed by atoms with van der Waals surface area (Å²) in [5.41, 5.74) is -0.617. The van der Waals surface area contributed by atoms with Gasteiger partial charge in [-0.15, -0.1) is 0 Å². The van der Waals surface area contributed by atoms with Gasteiger partial charge in [-0.1, -0.05) is 0 Å². The molecule has 2 fully saturated rings. The fourth-order valence-electron chi connectivity index (χ4n) is 2.45. The van der Waals surface area contributed by atoms with Crippen molar-refractivity contribution in [2.75, 3.05) is 13.2 Å². The van der Waals surface area contributed by atoms with Crippen LogP contribution in [0.15, 0.2) is 0 Å². The Morgan fingerprint density at radius 3 is 2.72 bits per heavy atom. The third-order valence-electron chi connectivity index (χ3n) is 3.20. The number of aliphatic hydroxyl groups is 1. The average Bonchev–Trinajstić information content (AvgIpc) is 2.23. The number of piperidine rings is 1. The first-order valence-electron chi connectivity index (χ1n) is 6.21. The number of morpholine rings is 1. The molecule has 2 rings (SSSR count). The molecule has 6 heteroatoms. The quantitative estimate of drug-likeness (QED) is 0.709. The molecule has 1 amide bonds. The topological polar surface area (TPSA) is 59.0 Å². The minimum absolute atomic E-state index is 0.105. The van der Waals surface area contributed by atoms with E-state index >= 15 is 0 Å². The maximum atomic E-state index is 13.9. The maximum Gasteiger partial charge on any atom is 0.411 e. The molecule has 2 heterocycles. The summed E-state index contributed by atoms with van der Waals surface area (Å²) in [6.07, 6.45) is -2.84. The molecule has 0 spiro atoms. The summed E-state index contributed by atoms with van der Waals surface area (Å²) < 4.78 is 24.5. The van der Waals surface area contributed by atoms with Gasteiger partial charge < -0.3 is 14.6 Å². The molecule has 2 unspecified atom stereocenters. The summed E-state index contributed by atoms with van der Waals surface area (Å²) >= 11 is 0. The SMILES string of the molecule is CC(C)(C)OC(=O)N1C2COCC1[C@H](F)[C@H](O)C2. The second-order valence-corrected chi connectivity index (χ2v) is 5.89. The monoisotopic (exact) mass is 261 g/mol. The lowest BCUT2D eigenvalue weighted by molar-refractivity contribution is -0.136. The number of amides is 1. The molecule has 0 aromatic carbocycles. The van der Waals surface area contributed by atoms with Crippen LogP contribution >= 0.6 is 0 Å². The molecule has 2 aliphatic rings. The minimum Gasteiger partial charge on any atom is -0.444 e. The lowest BCUT2D eigenvalue weighted by atomic mass is 9.91. The van der Waals surface area contributed by atoms with E-state index in [9.17, 15) is 14.3 Å². The molecule has 2 bridgehead atoms. The van der Waals surface area contributed by atoms with E-state index in [1.807, 2.05) is 0 Å². The lowest BCUT2D eigenvalue weighted by Gasteiger charge is -2.48. The van der Waals surface area contributed by atoms with Crippen molar-refractivity contribution >= 4 is 6.09 Å². The van der Waals surface area contributed by atoms with E-state index in [-0.39, 0.29) is 19.1 Å². The van der Waals surface area contributed by atoms with E-state index in [2.05, 4.69) is 0 Å². The first kappa shape index (κ1) is 13.5. The van der Waals surface area contributed by atoms with Crippen LogP contribution in [0.25, 0.3) is 0 Å². The van der Waals surface area contributed by atoms with Gasteiger partial charge in [0.25, 0.3) is 0 Å². The van der Waals surface area contributed by atoms with E-state index in [1.165, 1.54) is 4.90 Å². The first-order valence-corrected chi connectivity index (χ1v) is 6.21. The van der Waals surface area contributed by atoms with Crippen LogP contribution in [0, 0.1) is 0 Å². The fourth-order valence-corrected chi connectivity index (χ4v) is 2.45. The molecule has 0 radical (unpaired) electrons. The maximum absolute atomic E-state index is 13.9. The highest BCUT2D eigenvalue weighted by Crippen LogP contribution is 2.31. The van der Waals surface area contributed by atoms with Crippen molar-refractivity contribution in [2.45, 2.75) is 57.2 Å². The number of carbonyl (C=O) groups is 1. The Bertz CT molecular complexity index is 331. The summed E-state index contributed by atoms with van der Waals surface area (Å²) in [5, 5.41) is 9.61. The van der Waals surface area contributed by atoms with Gasteiger partial charge in [0.05, 0.1) is 31.4 Å². The van der Waals surface area contributed by atoms with Gasteiger partial charge in [-0.05, 0) is 27.2 Å². The number of ether oxygens (including phenoxy) is 2. The van der Waals surface area contributed by atoms with Crippen molar-refractivity contribution in [1.82, 2.24) is 4.90 Å². The number of aliphatic hydroxyl groups excluding tert-OH is 1. The Morgan fingerprint density at radius 2 is 2.11 bits per heavy atom. The molecular weight excluding hydrogens is 241 g/mol. The summed E-state index contributed by atoms with van der Waals surface area (Å²) in [7, 11) is 0. The lowest BCUT2D eigenvalue weighted by Crippen LogP contribution is -2.65. The van der Waals surface area contributed by atoms with Gasteiger partial charge in [0, 0.05) is 0 Å². The zero-order valence-electron chi connectivity index (χ0n) is 10.9. The summed E-state index contributed by atoms with van der Waals surface area (Å²) in [4.78, 5) is 13.5. The Hall–Kier alpha value is -0.880. The molecule has 0 saturated carbocycles. The van der Waals surface area contributed by atoms with E-state index in [1.54, 1.807) is 20.8 Å². The molecule has 2 aliphatic heterocycles. The highest BCUT2D eigenvalue weighted by atomic mass is 19.1. The smallest absolute Gasteiger partial charge is 0.411 e. The number of carbonyl (C=O) groups excluding carboxylic acids is 1. The zero-order chi connectivity index (χ0) is 13.5. The first-order chi connectivity index (χ1) is 8.29. The number of hydrogen-bond donors (Lipinski definition) is 1. The van der Waals surface area contributed by atoms with Gasteiger partial charge in [0.1, 0.15) is 11.8 Å². The van der Waals surface area contributed by atoms with Crippen LogP contribution in [0.3, 0.4) is 0 Å². The van der Waals surface area contributed by atoms with Crippen molar-refractivity contribution in [3.8, 4) is 0 Å². The molecule has 104 valence electrons. The predicted octanol–water partition coefficient (Wildman–Crippen LogP) is 1.09. The number of rotatable bonds is 0. The van der Waals surface area contributed by atoms with Gasteiger partial charge >= 0.3 is 6.09 Å². The molecule has 0 aliphatic carbocycles. The van der Waals surface area contributed by atoms with Gasteiger partial charge in [0.2, 0.25) is 0 Å². The Morgan fingerprint density at radius 1 is 1.44 bits per heavy atom. The zero-order valence-corrected chi connectivity index (χ0v) is 10.9. The number of nitrogens with zero attached hydrogens (tertiary/aromatic N) is 1. The van der Waals surface area contributed by atoms with Gasteiger partial charge in [-0.25, -0.2) is 9.18 Å². The van der Waals surface area contributed by atoms with E-state index in [0.29, 0.717) is 6.61 Å². The predicted molar refractivity (Wildman–Crippen MR) is 62.0 cm³/mol. The standard InChI is InChI=1S/C12H20FNO4/c1-12(2,3)18-11(16)14-7-4-9(15)10(13)8(14)6-17-5-7/h7-10,15H,4-6H2,1-3H3/t7?,8?,9-,10+/m1/s1. The Balaban J connectivity index is 2.14. The highest BCUT2D eigenvalue weighted by molar-refractivity contribution is 5.69. The van der Waals surface area contributed by atoms with Crippen molar-refractivity contribution in [3.05, 3.63) is 0 Å². The molecule has 18 heavy (non-hydrogen) atoms. The Kier molecular flexibility index (Phi) is 3.51. The molecular formula is C12H20FNO4. The molecule has 0 aromatic rings. The van der Waals surface area contributed by atoms with Crippen molar-refractivity contribution in [1.29, 1.82) is 0 Å². The van der Waals surface area contributed by atoms with Gasteiger partial charge in [0.15, 0.2) is 0 Å². The third-order valence-corrected chi connectivity index (χ3v) is 3.20. The molecule has 5 nitrogen and oxygen atoms in total. The van der Waals surface area contributed by atoms with Crippen molar-refractivity contribution in [3.63, 3.8) is 0 Å². The second kappa shape index (κ2) is 4.66. The second-order valence-electron chi connectivity index (χ2n) is 5.89. The summed E-state index contributed by atoms with van der Waals surface area (Å²) in [5.74, 6) is 0. The molecule has 4 atom stereocenters. The van der Waals surface area contributed by atoms with Crippen LogP contribution in [0.5, 0.6) is 0 Å². The largest absolute Gasteiger partial charge is 0.444 e. The van der Waals surface area contributed by atoms with E-state index < -0.39 is 30.0 Å². The summed E-state index contributed by atoms with van der Waals surface area (Å²) in [6.45, 7) is 5.72. The number of hydrogen-bond acceptors (Lipinski definition) is 4. The number of halogens is 1. The van der Waals surface area contributed by atoms with Crippen LogP contribution in [0.4, 0.5) is 9.18 Å². The fraction of sp³-hybridized carbons (Fsp3) is 0.917. The molecule has 2 saturated heterocycles. The van der Waals surface area contributed by atoms with E-state index in [0.717, 1.165) is 0 Å². The van der Waals surface area contributed by atoms with Crippen LogP contribution in [0.2, 0.25) is 0 Å². The average molecular weight is 261 g/mol. The van der Waals surface area contributed by atoms with Crippen molar-refractivity contribution < 1.29 is 23.8 Å². The van der Waals surface area contributed by atoms with Gasteiger partial charge in [-0.3, -0.25) is 4.90 Å². The molecule has 1 N–H and O–H groups in total. The van der Waals surface area contributed by atoms with Crippen LogP contribution < -0.4 is 0 Å². The number of alkyl halides is 1. The Labute approximate surface area is 106 Å². The molecule has 0 aromatic heterocycles. The van der Waals surface area contributed by atoms with Crippen molar-refractivity contribution in [2.24, 2.45) is 0 Å². The normalized spacial score (nSPS) is 36.4.